The summed E-state index contributed by atoms with van der Waals surface area (Å²) in [6.07, 6.45) is 11.4. The fourth-order valence-corrected chi connectivity index (χ4v) is 5.60. The van der Waals surface area contributed by atoms with E-state index < -0.39 is 0 Å². The lowest BCUT2D eigenvalue weighted by molar-refractivity contribution is -0.0446. The summed E-state index contributed by atoms with van der Waals surface area (Å²) in [5.41, 5.74) is 1.68. The third-order valence-corrected chi connectivity index (χ3v) is 7.54. The van der Waals surface area contributed by atoms with Crippen LogP contribution in [0.1, 0.15) is 25.8 Å². The number of fused-ring (bicyclic) bond motifs is 1. The van der Waals surface area contributed by atoms with Gasteiger partial charge in [0, 0.05) is 44.7 Å². The van der Waals surface area contributed by atoms with Crippen LogP contribution in [0.3, 0.4) is 0 Å². The minimum absolute atomic E-state index is 0.234. The second-order valence-electron chi connectivity index (χ2n) is 8.49. The lowest BCUT2D eigenvalue weighted by atomic mass is 9.62. The summed E-state index contributed by atoms with van der Waals surface area (Å²) in [5.74, 6) is 1.38. The first kappa shape index (κ1) is 18.0. The Balaban J connectivity index is 1.48. The van der Waals surface area contributed by atoms with E-state index in [0.29, 0.717) is 23.6 Å². The van der Waals surface area contributed by atoms with E-state index >= 15 is 0 Å². The average Bonchev–Trinajstić information content (AvgIpc) is 3.02. The Bertz CT molecular complexity index is 708. The van der Waals surface area contributed by atoms with Crippen molar-refractivity contribution in [1.82, 2.24) is 9.80 Å². The molecule has 2 fully saturated rings. The summed E-state index contributed by atoms with van der Waals surface area (Å²) in [6, 6.07) is 2.89. The van der Waals surface area contributed by atoms with Gasteiger partial charge in [-0.1, -0.05) is 32.1 Å². The predicted octanol–water partition coefficient (Wildman–Crippen LogP) is 4.46. The summed E-state index contributed by atoms with van der Waals surface area (Å²) in [6.45, 7) is 10.7. The van der Waals surface area contributed by atoms with Gasteiger partial charge in [-0.15, -0.1) is 0 Å². The molecule has 3 nitrogen and oxygen atoms in total. The molecule has 4 atom stereocenters. The molecule has 3 aliphatic rings. The Morgan fingerprint density at radius 2 is 2.15 bits per heavy atom. The van der Waals surface area contributed by atoms with Gasteiger partial charge in [0.25, 0.3) is 0 Å². The molecule has 26 heavy (non-hydrogen) atoms. The van der Waals surface area contributed by atoms with Crippen molar-refractivity contribution in [3.8, 4) is 0 Å². The second-order valence-corrected chi connectivity index (χ2v) is 9.27. The largest absolute Gasteiger partial charge is 0.508 e. The van der Waals surface area contributed by atoms with E-state index in [1.807, 2.05) is 12.2 Å². The quantitative estimate of drug-likeness (QED) is 0.851. The molecule has 2 saturated heterocycles. The zero-order valence-electron chi connectivity index (χ0n) is 15.8. The molecule has 1 N–H and O–H groups in total. The zero-order chi connectivity index (χ0) is 18.1. The number of aliphatic hydroxyl groups excluding tert-OH is 1. The van der Waals surface area contributed by atoms with Crippen molar-refractivity contribution >= 4 is 11.3 Å². The maximum absolute atomic E-state index is 9.81. The molecule has 0 bridgehead atoms. The van der Waals surface area contributed by atoms with Gasteiger partial charge >= 0.3 is 0 Å². The SMILES string of the molecule is CC1CN2CCN(Cc3ccsc3)CC2C[C@@]1(C)C1C=CC=C(O)C=C1. The van der Waals surface area contributed by atoms with Crippen LogP contribution in [0, 0.1) is 17.3 Å². The number of piperazine rings is 1. The number of hydrogen-bond donors (Lipinski definition) is 1. The molecule has 3 heterocycles. The zero-order valence-corrected chi connectivity index (χ0v) is 16.7. The fourth-order valence-electron chi connectivity index (χ4n) is 4.94. The molecule has 0 saturated carbocycles. The number of aliphatic hydroxyl groups is 1. The van der Waals surface area contributed by atoms with Crippen LogP contribution in [0.5, 0.6) is 0 Å². The van der Waals surface area contributed by atoms with Gasteiger partial charge in [0.2, 0.25) is 0 Å². The molecule has 0 radical (unpaired) electrons. The molecule has 2 aliphatic heterocycles. The van der Waals surface area contributed by atoms with Crippen molar-refractivity contribution in [3.63, 3.8) is 0 Å². The van der Waals surface area contributed by atoms with Gasteiger partial charge < -0.3 is 5.11 Å². The van der Waals surface area contributed by atoms with Crippen LogP contribution in [0.15, 0.2) is 53.0 Å². The predicted molar refractivity (Wildman–Crippen MR) is 109 cm³/mol. The molecule has 1 aromatic heterocycles. The molecule has 1 aromatic rings. The molecule has 0 amide bonds. The normalized spacial score (nSPS) is 35.8. The van der Waals surface area contributed by atoms with Crippen molar-refractivity contribution in [2.75, 3.05) is 26.2 Å². The average molecular weight is 371 g/mol. The lowest BCUT2D eigenvalue weighted by Crippen LogP contribution is -2.60. The number of hydrogen-bond acceptors (Lipinski definition) is 4. The first-order valence-corrected chi connectivity index (χ1v) is 10.7. The summed E-state index contributed by atoms with van der Waals surface area (Å²) >= 11 is 1.79. The van der Waals surface area contributed by atoms with Crippen molar-refractivity contribution < 1.29 is 5.11 Å². The molecule has 140 valence electrons. The number of thiophene rings is 1. The van der Waals surface area contributed by atoms with Crippen molar-refractivity contribution in [2.45, 2.75) is 32.9 Å². The van der Waals surface area contributed by atoms with E-state index in [-0.39, 0.29) is 5.41 Å². The minimum atomic E-state index is 0.234. The van der Waals surface area contributed by atoms with Crippen molar-refractivity contribution in [3.05, 3.63) is 58.5 Å². The maximum atomic E-state index is 9.81. The van der Waals surface area contributed by atoms with E-state index in [1.54, 1.807) is 17.4 Å². The van der Waals surface area contributed by atoms with Crippen LogP contribution in [0.2, 0.25) is 0 Å². The first-order chi connectivity index (χ1) is 12.5. The van der Waals surface area contributed by atoms with Crippen LogP contribution < -0.4 is 0 Å². The Morgan fingerprint density at radius 1 is 1.27 bits per heavy atom. The summed E-state index contributed by atoms with van der Waals surface area (Å²) in [4.78, 5) is 5.35. The number of rotatable bonds is 3. The first-order valence-electron chi connectivity index (χ1n) is 9.78. The number of piperidine rings is 1. The smallest absolute Gasteiger partial charge is 0.115 e. The Labute approximate surface area is 161 Å². The molecule has 0 aromatic carbocycles. The van der Waals surface area contributed by atoms with E-state index in [9.17, 15) is 5.11 Å². The monoisotopic (exact) mass is 370 g/mol. The molecule has 0 spiro atoms. The highest BCUT2D eigenvalue weighted by Gasteiger charge is 2.46. The van der Waals surface area contributed by atoms with Crippen LogP contribution >= 0.6 is 11.3 Å². The molecule has 1 aliphatic carbocycles. The number of nitrogens with zero attached hydrogens (tertiary/aromatic N) is 2. The Kier molecular flexibility index (Phi) is 5.09. The highest BCUT2D eigenvalue weighted by molar-refractivity contribution is 7.07. The summed E-state index contributed by atoms with van der Waals surface area (Å²) in [5, 5.41) is 14.3. The van der Waals surface area contributed by atoms with Crippen molar-refractivity contribution in [1.29, 1.82) is 0 Å². The van der Waals surface area contributed by atoms with Gasteiger partial charge in [-0.05, 0) is 52.3 Å². The van der Waals surface area contributed by atoms with E-state index in [0.717, 1.165) is 6.54 Å². The maximum Gasteiger partial charge on any atom is 0.115 e. The van der Waals surface area contributed by atoms with Crippen LogP contribution in [0.4, 0.5) is 0 Å². The van der Waals surface area contributed by atoms with E-state index in [1.165, 1.54) is 38.2 Å². The topological polar surface area (TPSA) is 26.7 Å². The molecule has 3 unspecified atom stereocenters. The third-order valence-electron chi connectivity index (χ3n) is 6.81. The Hall–Kier alpha value is -1.36. The van der Waals surface area contributed by atoms with E-state index in [4.69, 9.17) is 0 Å². The van der Waals surface area contributed by atoms with Crippen molar-refractivity contribution in [2.24, 2.45) is 17.3 Å². The molecular formula is C22H30N2OS. The summed E-state index contributed by atoms with van der Waals surface area (Å²) < 4.78 is 0. The van der Waals surface area contributed by atoms with Gasteiger partial charge in [-0.3, -0.25) is 9.80 Å². The standard InChI is InChI=1S/C22H30N2OS/c1-17-13-24-10-9-23(14-18-8-11-26-16-18)15-20(24)12-22(17,2)19-4-3-5-21(25)7-6-19/h3-8,11,16-17,19-20,25H,9-10,12-15H2,1-2H3/t17?,19?,20?,22-/m1/s1. The Morgan fingerprint density at radius 3 is 2.96 bits per heavy atom. The van der Waals surface area contributed by atoms with Crippen LogP contribution in [0.25, 0.3) is 0 Å². The van der Waals surface area contributed by atoms with E-state index in [2.05, 4.69) is 52.6 Å². The molecule has 4 rings (SSSR count). The molecule has 4 heteroatoms. The third kappa shape index (κ3) is 3.55. The molecular weight excluding hydrogens is 340 g/mol. The van der Waals surface area contributed by atoms with Crippen LogP contribution in [-0.2, 0) is 6.54 Å². The van der Waals surface area contributed by atoms with Crippen LogP contribution in [-0.4, -0.2) is 47.1 Å². The number of allylic oxidation sites excluding steroid dienone is 5. The van der Waals surface area contributed by atoms with Gasteiger partial charge in [-0.2, -0.15) is 11.3 Å². The summed E-state index contributed by atoms with van der Waals surface area (Å²) in [7, 11) is 0. The van der Waals surface area contributed by atoms with Gasteiger partial charge in [0.05, 0.1) is 0 Å². The van der Waals surface area contributed by atoms with Gasteiger partial charge in [-0.25, -0.2) is 0 Å². The van der Waals surface area contributed by atoms with Gasteiger partial charge in [0.15, 0.2) is 0 Å². The fraction of sp³-hybridized carbons (Fsp3) is 0.545. The lowest BCUT2D eigenvalue weighted by Gasteiger charge is -2.54. The highest BCUT2D eigenvalue weighted by Crippen LogP contribution is 2.47. The highest BCUT2D eigenvalue weighted by atomic mass is 32.1. The minimum Gasteiger partial charge on any atom is -0.508 e. The van der Waals surface area contributed by atoms with Gasteiger partial charge in [0.1, 0.15) is 5.76 Å². The second kappa shape index (κ2) is 7.34.